The third-order valence-corrected chi connectivity index (χ3v) is 4.03. The molecule has 124 valence electrons. The van der Waals surface area contributed by atoms with Crippen molar-refractivity contribution < 1.29 is 9.53 Å². The minimum Gasteiger partial charge on any atom is -0.383 e. The summed E-state index contributed by atoms with van der Waals surface area (Å²) in [5.41, 5.74) is 3.35. The number of carbonyl (C=O) groups is 1. The van der Waals surface area contributed by atoms with Crippen LogP contribution in [0.1, 0.15) is 29.5 Å². The maximum absolute atomic E-state index is 12.5. The van der Waals surface area contributed by atoms with E-state index in [0.717, 1.165) is 25.9 Å². The van der Waals surface area contributed by atoms with E-state index in [-0.39, 0.29) is 23.7 Å². The zero-order chi connectivity index (χ0) is 15.3. The van der Waals surface area contributed by atoms with Gasteiger partial charge in [-0.05, 0) is 32.3 Å². The molecule has 0 aromatic heterocycles. The molecule has 1 aromatic carbocycles. The number of methoxy groups -OCH3 is 1. The van der Waals surface area contributed by atoms with Crippen molar-refractivity contribution in [1.29, 1.82) is 0 Å². The molecule has 0 unspecified atom stereocenters. The van der Waals surface area contributed by atoms with Gasteiger partial charge in [0.05, 0.1) is 12.0 Å². The van der Waals surface area contributed by atoms with Gasteiger partial charge in [0.15, 0.2) is 0 Å². The standard InChI is InChI=1S/C17H26N2O2.ClH/c1-13-10-14(2)12-15(11-13)17(4-5-17)16(20)19-7-6-18-8-9-21-3;/h10-12,18H,4-9H2,1-3H3,(H,19,20);1H. The summed E-state index contributed by atoms with van der Waals surface area (Å²) >= 11 is 0. The molecule has 1 amide bonds. The molecule has 22 heavy (non-hydrogen) atoms. The number of ether oxygens (including phenoxy) is 1. The number of amides is 1. The lowest BCUT2D eigenvalue weighted by molar-refractivity contribution is -0.123. The predicted octanol–water partition coefficient (Wildman–Crippen LogP) is 2.11. The van der Waals surface area contributed by atoms with Gasteiger partial charge in [0.1, 0.15) is 0 Å². The first-order valence-corrected chi connectivity index (χ1v) is 7.65. The van der Waals surface area contributed by atoms with Gasteiger partial charge in [-0.15, -0.1) is 12.4 Å². The summed E-state index contributed by atoms with van der Waals surface area (Å²) in [6.45, 7) is 7.12. The van der Waals surface area contributed by atoms with Gasteiger partial charge in [-0.3, -0.25) is 4.79 Å². The molecule has 0 radical (unpaired) electrons. The van der Waals surface area contributed by atoms with Crippen molar-refractivity contribution in [2.75, 3.05) is 33.4 Å². The zero-order valence-corrected chi connectivity index (χ0v) is 14.5. The van der Waals surface area contributed by atoms with Crippen molar-refractivity contribution in [1.82, 2.24) is 10.6 Å². The molecule has 0 aliphatic heterocycles. The van der Waals surface area contributed by atoms with Crippen molar-refractivity contribution in [2.45, 2.75) is 32.1 Å². The highest BCUT2D eigenvalue weighted by Gasteiger charge is 2.51. The Labute approximate surface area is 139 Å². The number of hydrogen-bond acceptors (Lipinski definition) is 3. The molecule has 1 fully saturated rings. The van der Waals surface area contributed by atoms with E-state index in [4.69, 9.17) is 4.74 Å². The molecule has 4 nitrogen and oxygen atoms in total. The molecule has 1 aliphatic carbocycles. The van der Waals surface area contributed by atoms with Gasteiger partial charge in [-0.2, -0.15) is 0 Å². The van der Waals surface area contributed by atoms with Crippen LogP contribution in [-0.4, -0.2) is 39.3 Å². The Morgan fingerprint density at radius 3 is 2.32 bits per heavy atom. The molecule has 1 saturated carbocycles. The van der Waals surface area contributed by atoms with Gasteiger partial charge in [0.2, 0.25) is 5.91 Å². The Morgan fingerprint density at radius 1 is 1.14 bits per heavy atom. The molecule has 0 saturated heterocycles. The molecule has 2 rings (SSSR count). The molecular formula is C17H27ClN2O2. The van der Waals surface area contributed by atoms with Crippen LogP contribution in [0.25, 0.3) is 0 Å². The zero-order valence-electron chi connectivity index (χ0n) is 13.7. The molecule has 0 atom stereocenters. The lowest BCUT2D eigenvalue weighted by Crippen LogP contribution is -2.39. The topological polar surface area (TPSA) is 50.4 Å². The maximum Gasteiger partial charge on any atom is 0.230 e. The smallest absolute Gasteiger partial charge is 0.230 e. The van der Waals surface area contributed by atoms with E-state index in [2.05, 4.69) is 42.7 Å². The molecule has 2 N–H and O–H groups in total. The third kappa shape index (κ3) is 4.70. The van der Waals surface area contributed by atoms with Crippen LogP contribution in [0.3, 0.4) is 0 Å². The fraction of sp³-hybridized carbons (Fsp3) is 0.588. The van der Waals surface area contributed by atoms with Gasteiger partial charge < -0.3 is 15.4 Å². The lowest BCUT2D eigenvalue weighted by atomic mass is 9.92. The van der Waals surface area contributed by atoms with Crippen LogP contribution in [0.5, 0.6) is 0 Å². The van der Waals surface area contributed by atoms with Gasteiger partial charge in [-0.1, -0.05) is 29.3 Å². The SMILES string of the molecule is COCCNCCNC(=O)C1(c2cc(C)cc(C)c2)CC1.Cl. The Morgan fingerprint density at radius 2 is 1.77 bits per heavy atom. The monoisotopic (exact) mass is 326 g/mol. The van der Waals surface area contributed by atoms with E-state index in [1.807, 2.05) is 0 Å². The Hall–Kier alpha value is -1.10. The summed E-state index contributed by atoms with van der Waals surface area (Å²) in [4.78, 5) is 12.5. The summed E-state index contributed by atoms with van der Waals surface area (Å²) in [6, 6.07) is 6.45. The minimum atomic E-state index is -0.274. The second-order valence-corrected chi connectivity index (χ2v) is 5.96. The van der Waals surface area contributed by atoms with E-state index >= 15 is 0 Å². The first-order valence-electron chi connectivity index (χ1n) is 7.65. The van der Waals surface area contributed by atoms with Crippen LogP contribution in [0.15, 0.2) is 18.2 Å². The van der Waals surface area contributed by atoms with Crippen molar-refractivity contribution in [3.63, 3.8) is 0 Å². The van der Waals surface area contributed by atoms with E-state index in [9.17, 15) is 4.79 Å². The van der Waals surface area contributed by atoms with Crippen molar-refractivity contribution in [2.24, 2.45) is 0 Å². The second kappa shape index (κ2) is 8.51. The van der Waals surface area contributed by atoms with Crippen LogP contribution in [0, 0.1) is 13.8 Å². The fourth-order valence-corrected chi connectivity index (χ4v) is 2.76. The number of aryl methyl sites for hydroxylation is 2. The number of nitrogens with one attached hydrogen (secondary N) is 2. The summed E-state index contributed by atoms with van der Waals surface area (Å²) in [6.07, 6.45) is 1.91. The molecule has 1 aliphatic rings. The van der Waals surface area contributed by atoms with Crippen LogP contribution in [0.2, 0.25) is 0 Å². The highest BCUT2D eigenvalue weighted by molar-refractivity contribution is 5.91. The molecule has 5 heteroatoms. The van der Waals surface area contributed by atoms with E-state index < -0.39 is 0 Å². The van der Waals surface area contributed by atoms with Gasteiger partial charge in [0.25, 0.3) is 0 Å². The van der Waals surface area contributed by atoms with Gasteiger partial charge in [0, 0.05) is 26.7 Å². The number of hydrogen-bond donors (Lipinski definition) is 2. The molecule has 0 spiro atoms. The van der Waals surface area contributed by atoms with E-state index in [1.54, 1.807) is 7.11 Å². The first kappa shape index (κ1) is 18.9. The van der Waals surface area contributed by atoms with Crippen LogP contribution in [0.4, 0.5) is 0 Å². The van der Waals surface area contributed by atoms with Crippen molar-refractivity contribution >= 4 is 18.3 Å². The summed E-state index contributed by atoms with van der Waals surface area (Å²) < 4.78 is 4.96. The third-order valence-electron chi connectivity index (χ3n) is 4.03. The molecular weight excluding hydrogens is 300 g/mol. The van der Waals surface area contributed by atoms with Gasteiger partial charge >= 0.3 is 0 Å². The highest BCUT2D eigenvalue weighted by Crippen LogP contribution is 2.48. The minimum absolute atomic E-state index is 0. The average molecular weight is 327 g/mol. The highest BCUT2D eigenvalue weighted by atomic mass is 35.5. The Kier molecular flexibility index (Phi) is 7.33. The lowest BCUT2D eigenvalue weighted by Gasteiger charge is -2.17. The fourth-order valence-electron chi connectivity index (χ4n) is 2.76. The van der Waals surface area contributed by atoms with Crippen LogP contribution in [-0.2, 0) is 14.9 Å². The summed E-state index contributed by atoms with van der Waals surface area (Å²) in [7, 11) is 1.68. The molecule has 1 aromatic rings. The van der Waals surface area contributed by atoms with E-state index in [1.165, 1.54) is 16.7 Å². The Bertz CT molecular complexity index is 481. The van der Waals surface area contributed by atoms with E-state index in [0.29, 0.717) is 13.2 Å². The summed E-state index contributed by atoms with van der Waals surface area (Å²) in [5, 5.41) is 6.29. The normalized spacial score (nSPS) is 15.0. The molecule has 0 bridgehead atoms. The first-order chi connectivity index (χ1) is 10.1. The maximum atomic E-state index is 12.5. The number of rotatable bonds is 8. The summed E-state index contributed by atoms with van der Waals surface area (Å²) in [5.74, 6) is 0.168. The van der Waals surface area contributed by atoms with Crippen molar-refractivity contribution in [3.8, 4) is 0 Å². The number of halogens is 1. The van der Waals surface area contributed by atoms with Crippen molar-refractivity contribution in [3.05, 3.63) is 34.9 Å². The van der Waals surface area contributed by atoms with Crippen LogP contribution < -0.4 is 10.6 Å². The largest absolute Gasteiger partial charge is 0.383 e. The molecule has 0 heterocycles. The second-order valence-electron chi connectivity index (χ2n) is 5.96. The predicted molar refractivity (Wildman–Crippen MR) is 91.8 cm³/mol. The van der Waals surface area contributed by atoms with Gasteiger partial charge in [-0.25, -0.2) is 0 Å². The number of benzene rings is 1. The Balaban J connectivity index is 0.00000242. The average Bonchev–Trinajstić information content (AvgIpc) is 3.23. The number of carbonyl (C=O) groups excluding carboxylic acids is 1. The quantitative estimate of drug-likeness (QED) is 0.719. The van der Waals surface area contributed by atoms with Crippen LogP contribution >= 0.6 is 12.4 Å².